The first-order valence-corrected chi connectivity index (χ1v) is 9.79. The van der Waals surface area contributed by atoms with Gasteiger partial charge in [0.2, 0.25) is 5.91 Å². The lowest BCUT2D eigenvalue weighted by Gasteiger charge is -2.34. The van der Waals surface area contributed by atoms with E-state index in [2.05, 4.69) is 10.3 Å². The molecule has 0 spiro atoms. The Bertz CT molecular complexity index is 1030. The van der Waals surface area contributed by atoms with Crippen LogP contribution < -0.4 is 15.6 Å². The van der Waals surface area contributed by atoms with E-state index in [1.54, 1.807) is 18.2 Å². The molecule has 1 fully saturated rings. The zero-order valence-electron chi connectivity index (χ0n) is 16.9. The Balaban J connectivity index is 1.69. The molecule has 29 heavy (non-hydrogen) atoms. The van der Waals surface area contributed by atoms with Crippen LogP contribution in [-0.2, 0) is 14.9 Å². The molecule has 7 heteroatoms. The third-order valence-electron chi connectivity index (χ3n) is 5.92. The number of H-pyrrole nitrogens is 1. The summed E-state index contributed by atoms with van der Waals surface area (Å²) in [4.78, 5) is 42.3. The molecule has 0 bridgehead atoms. The molecule has 1 saturated heterocycles. The van der Waals surface area contributed by atoms with Crippen LogP contribution in [0.15, 0.2) is 41.3 Å². The maximum absolute atomic E-state index is 13.1. The van der Waals surface area contributed by atoms with Crippen LogP contribution in [0.5, 0.6) is 0 Å². The van der Waals surface area contributed by atoms with E-state index >= 15 is 0 Å². The Morgan fingerprint density at radius 2 is 1.83 bits per heavy atom. The fraction of sp³-hybridized carbons (Fsp3) is 0.409. The van der Waals surface area contributed by atoms with E-state index in [9.17, 15) is 14.4 Å². The standard InChI is InChI=1S/C22H25N3O4/c1-21(2)16-12-14(19(27)24-22(3)7-10-29-11-8-22)4-5-17(16)25(20(21)28)18-13-15(26)6-9-23-18/h4-6,9,12-13H,7-8,10-11H2,1-3H3,(H,23,26)(H,24,27). The number of fused-ring (bicyclic) bond motifs is 1. The van der Waals surface area contributed by atoms with Crippen molar-refractivity contribution in [3.8, 4) is 0 Å². The molecule has 4 rings (SSSR count). The topological polar surface area (TPSA) is 91.5 Å². The summed E-state index contributed by atoms with van der Waals surface area (Å²) in [5, 5.41) is 3.13. The lowest BCUT2D eigenvalue weighted by molar-refractivity contribution is -0.121. The van der Waals surface area contributed by atoms with Gasteiger partial charge in [0.15, 0.2) is 5.43 Å². The van der Waals surface area contributed by atoms with Crippen molar-refractivity contribution < 1.29 is 14.3 Å². The molecule has 7 nitrogen and oxygen atoms in total. The third-order valence-corrected chi connectivity index (χ3v) is 5.92. The first-order chi connectivity index (χ1) is 13.7. The van der Waals surface area contributed by atoms with E-state index < -0.39 is 5.41 Å². The Kier molecular flexibility index (Phi) is 4.58. The minimum atomic E-state index is -0.819. The van der Waals surface area contributed by atoms with Gasteiger partial charge >= 0.3 is 0 Å². The second-order valence-electron chi connectivity index (χ2n) is 8.53. The number of anilines is 2. The van der Waals surface area contributed by atoms with Gasteiger partial charge in [-0.05, 0) is 57.4 Å². The number of hydrogen-bond donors (Lipinski definition) is 2. The zero-order chi connectivity index (χ0) is 20.8. The number of hydrogen-bond acceptors (Lipinski definition) is 4. The number of aromatic nitrogens is 1. The quantitative estimate of drug-likeness (QED) is 0.836. The van der Waals surface area contributed by atoms with Crippen molar-refractivity contribution in [3.05, 3.63) is 57.9 Å². The van der Waals surface area contributed by atoms with Crippen LogP contribution in [0.2, 0.25) is 0 Å². The smallest absolute Gasteiger partial charge is 0.251 e. The molecule has 2 aromatic rings. The van der Waals surface area contributed by atoms with E-state index in [4.69, 9.17) is 4.74 Å². The molecule has 0 radical (unpaired) electrons. The van der Waals surface area contributed by atoms with Gasteiger partial charge in [0, 0.05) is 42.6 Å². The normalized spacial score (nSPS) is 19.7. The molecule has 3 heterocycles. The molecule has 1 aromatic heterocycles. The van der Waals surface area contributed by atoms with Crippen LogP contribution in [0.4, 0.5) is 11.5 Å². The van der Waals surface area contributed by atoms with Crippen LogP contribution in [0, 0.1) is 0 Å². The summed E-state index contributed by atoms with van der Waals surface area (Å²) >= 11 is 0. The Labute approximate surface area is 169 Å². The summed E-state index contributed by atoms with van der Waals surface area (Å²) in [7, 11) is 0. The minimum absolute atomic E-state index is 0.150. The first-order valence-electron chi connectivity index (χ1n) is 9.79. The fourth-order valence-corrected chi connectivity index (χ4v) is 3.97. The van der Waals surface area contributed by atoms with Crippen molar-refractivity contribution in [3.63, 3.8) is 0 Å². The molecule has 0 atom stereocenters. The molecular formula is C22H25N3O4. The first kappa shape index (κ1) is 19.4. The highest BCUT2D eigenvalue weighted by Gasteiger charge is 2.45. The highest BCUT2D eigenvalue weighted by molar-refractivity contribution is 6.12. The average molecular weight is 395 g/mol. The molecule has 0 saturated carbocycles. The van der Waals surface area contributed by atoms with Crippen LogP contribution in [-0.4, -0.2) is 35.6 Å². The van der Waals surface area contributed by atoms with Gasteiger partial charge in [0.05, 0.1) is 11.1 Å². The van der Waals surface area contributed by atoms with Gasteiger partial charge in [-0.3, -0.25) is 19.3 Å². The number of benzene rings is 1. The van der Waals surface area contributed by atoms with E-state index in [1.165, 1.54) is 23.2 Å². The number of amides is 2. The second kappa shape index (κ2) is 6.84. The van der Waals surface area contributed by atoms with E-state index in [-0.39, 0.29) is 22.8 Å². The number of nitrogens with zero attached hydrogens (tertiary/aromatic N) is 1. The Hall–Kier alpha value is -2.93. The van der Waals surface area contributed by atoms with Gasteiger partial charge in [-0.25, -0.2) is 0 Å². The van der Waals surface area contributed by atoms with Crippen LogP contribution in [0.25, 0.3) is 0 Å². The lowest BCUT2D eigenvalue weighted by atomic mass is 9.85. The van der Waals surface area contributed by atoms with Crippen molar-refractivity contribution in [1.82, 2.24) is 10.3 Å². The molecule has 1 aromatic carbocycles. The summed E-state index contributed by atoms with van der Waals surface area (Å²) in [5.41, 5.74) is 0.655. The monoisotopic (exact) mass is 395 g/mol. The summed E-state index contributed by atoms with van der Waals surface area (Å²) < 4.78 is 5.39. The molecule has 0 unspecified atom stereocenters. The van der Waals surface area contributed by atoms with E-state index in [0.717, 1.165) is 18.4 Å². The number of carbonyl (C=O) groups is 2. The van der Waals surface area contributed by atoms with Crippen molar-refractivity contribution in [2.75, 3.05) is 18.1 Å². The molecule has 2 amide bonds. The molecule has 2 N–H and O–H groups in total. The molecular weight excluding hydrogens is 370 g/mol. The molecule has 152 valence electrons. The van der Waals surface area contributed by atoms with Gasteiger partial charge in [-0.1, -0.05) is 0 Å². The molecule has 2 aliphatic rings. The van der Waals surface area contributed by atoms with Crippen LogP contribution in [0.3, 0.4) is 0 Å². The SMILES string of the molecule is CC1(NC(=O)c2ccc3c(c2)C(C)(C)C(=O)N3c2cc(=O)cc[nH]2)CCOCC1. The van der Waals surface area contributed by atoms with Gasteiger partial charge < -0.3 is 15.0 Å². The predicted octanol–water partition coefficient (Wildman–Crippen LogP) is 2.63. The fourth-order valence-electron chi connectivity index (χ4n) is 3.97. The van der Waals surface area contributed by atoms with Crippen molar-refractivity contribution in [1.29, 1.82) is 0 Å². The summed E-state index contributed by atoms with van der Waals surface area (Å²) in [6.45, 7) is 6.95. The Morgan fingerprint density at radius 1 is 1.10 bits per heavy atom. The highest BCUT2D eigenvalue weighted by atomic mass is 16.5. The summed E-state index contributed by atoms with van der Waals surface area (Å²) in [5.74, 6) is 0.108. The second-order valence-corrected chi connectivity index (χ2v) is 8.53. The van der Waals surface area contributed by atoms with Gasteiger partial charge in [-0.2, -0.15) is 0 Å². The van der Waals surface area contributed by atoms with E-state index in [0.29, 0.717) is 30.3 Å². The number of pyridine rings is 1. The zero-order valence-corrected chi connectivity index (χ0v) is 16.9. The van der Waals surface area contributed by atoms with Gasteiger partial charge in [-0.15, -0.1) is 0 Å². The van der Waals surface area contributed by atoms with Crippen LogP contribution in [0.1, 0.15) is 49.5 Å². The largest absolute Gasteiger partial charge is 0.381 e. The van der Waals surface area contributed by atoms with Crippen molar-refractivity contribution in [2.24, 2.45) is 0 Å². The number of aromatic amines is 1. The van der Waals surface area contributed by atoms with Gasteiger partial charge in [0.1, 0.15) is 5.82 Å². The number of rotatable bonds is 3. The maximum Gasteiger partial charge on any atom is 0.251 e. The summed E-state index contributed by atoms with van der Waals surface area (Å²) in [6, 6.07) is 8.08. The van der Waals surface area contributed by atoms with Crippen LogP contribution >= 0.6 is 0 Å². The molecule has 0 aliphatic carbocycles. The maximum atomic E-state index is 13.1. The predicted molar refractivity (Wildman–Crippen MR) is 110 cm³/mol. The van der Waals surface area contributed by atoms with E-state index in [1.807, 2.05) is 20.8 Å². The third kappa shape index (κ3) is 3.35. The summed E-state index contributed by atoms with van der Waals surface area (Å²) in [6.07, 6.45) is 3.05. The average Bonchev–Trinajstić information content (AvgIpc) is 2.88. The highest BCUT2D eigenvalue weighted by Crippen LogP contribution is 2.44. The van der Waals surface area contributed by atoms with Crippen molar-refractivity contribution in [2.45, 2.75) is 44.6 Å². The number of ether oxygens (including phenoxy) is 1. The number of carbonyl (C=O) groups excluding carboxylic acids is 2. The Morgan fingerprint density at radius 3 is 2.52 bits per heavy atom. The minimum Gasteiger partial charge on any atom is -0.381 e. The number of nitrogens with one attached hydrogen (secondary N) is 2. The van der Waals surface area contributed by atoms with Crippen molar-refractivity contribution >= 4 is 23.3 Å². The van der Waals surface area contributed by atoms with Gasteiger partial charge in [0.25, 0.3) is 5.91 Å². The molecule has 2 aliphatic heterocycles. The lowest BCUT2D eigenvalue weighted by Crippen LogP contribution is -2.49.